The molecular weight excluding hydrogens is 509 g/mol. The molecule has 2 rings (SSSR count). The van der Waals surface area contributed by atoms with E-state index in [9.17, 15) is 18.0 Å². The summed E-state index contributed by atoms with van der Waals surface area (Å²) in [5.74, 6) is -0.533. The minimum Gasteiger partial charge on any atom is -0.352 e. The summed E-state index contributed by atoms with van der Waals surface area (Å²) in [6.45, 7) is 5.82. The van der Waals surface area contributed by atoms with Gasteiger partial charge in [0.25, 0.3) is 0 Å². The molecule has 0 aromatic heterocycles. The van der Waals surface area contributed by atoms with Gasteiger partial charge in [0.2, 0.25) is 21.8 Å². The van der Waals surface area contributed by atoms with Crippen LogP contribution < -0.4 is 5.32 Å². The number of hydrogen-bond acceptors (Lipinski definition) is 4. The van der Waals surface area contributed by atoms with E-state index in [0.717, 1.165) is 6.42 Å². The fraction of sp³-hybridized carbons (Fsp3) is 0.440. The van der Waals surface area contributed by atoms with Gasteiger partial charge < -0.3 is 10.2 Å². The van der Waals surface area contributed by atoms with Crippen LogP contribution in [0.5, 0.6) is 0 Å². The third-order valence-electron chi connectivity index (χ3n) is 5.84. The largest absolute Gasteiger partial charge is 0.352 e. The smallest absolute Gasteiger partial charge is 0.242 e. The van der Waals surface area contributed by atoms with Crippen LogP contribution in [0.25, 0.3) is 0 Å². The number of sulfonamides is 1. The summed E-state index contributed by atoms with van der Waals surface area (Å²) in [6.07, 6.45) is 1.13. The number of hydrogen-bond donors (Lipinski definition) is 1. The average molecular weight is 543 g/mol. The van der Waals surface area contributed by atoms with Gasteiger partial charge in [0, 0.05) is 42.6 Å². The standard InChI is InChI=1S/C25H33Cl2N3O4S/c1-5-18(2)28-25(32)19(3)30(17-20-13-14-21(26)16-23(20)27)24(31)12-9-15-29(4)35(33,34)22-10-7-6-8-11-22/h6-8,10-11,13-14,16,18-19H,5,9,12,15,17H2,1-4H3,(H,28,32)/t18-,19-/m0/s1. The van der Waals surface area contributed by atoms with Gasteiger partial charge in [-0.25, -0.2) is 12.7 Å². The summed E-state index contributed by atoms with van der Waals surface area (Å²) in [7, 11) is -2.16. The Kier molecular flexibility index (Phi) is 11.0. The predicted octanol–water partition coefficient (Wildman–Crippen LogP) is 4.73. The molecule has 0 unspecified atom stereocenters. The highest BCUT2D eigenvalue weighted by molar-refractivity contribution is 7.89. The van der Waals surface area contributed by atoms with E-state index < -0.39 is 16.1 Å². The number of halogens is 2. The molecule has 2 aromatic rings. The highest BCUT2D eigenvalue weighted by Crippen LogP contribution is 2.24. The molecule has 0 aliphatic heterocycles. The molecule has 0 fully saturated rings. The van der Waals surface area contributed by atoms with Crippen molar-refractivity contribution < 1.29 is 18.0 Å². The van der Waals surface area contributed by atoms with E-state index in [2.05, 4.69) is 5.32 Å². The van der Waals surface area contributed by atoms with Gasteiger partial charge in [-0.1, -0.05) is 54.4 Å². The van der Waals surface area contributed by atoms with E-state index >= 15 is 0 Å². The van der Waals surface area contributed by atoms with Gasteiger partial charge >= 0.3 is 0 Å². The Labute approximate surface area is 218 Å². The van der Waals surface area contributed by atoms with Crippen molar-refractivity contribution in [2.75, 3.05) is 13.6 Å². The molecule has 7 nitrogen and oxygen atoms in total. The SMILES string of the molecule is CC[C@H](C)NC(=O)[C@H](C)N(Cc1ccc(Cl)cc1Cl)C(=O)CCCN(C)S(=O)(=O)c1ccccc1. The quantitative estimate of drug-likeness (QED) is 0.420. The van der Waals surface area contributed by atoms with Gasteiger partial charge in [0.05, 0.1) is 4.90 Å². The topological polar surface area (TPSA) is 86.8 Å². The van der Waals surface area contributed by atoms with Gasteiger partial charge in [-0.2, -0.15) is 0 Å². The minimum atomic E-state index is -3.65. The molecule has 2 amide bonds. The van der Waals surface area contributed by atoms with Crippen molar-refractivity contribution in [2.24, 2.45) is 0 Å². The van der Waals surface area contributed by atoms with Crippen LogP contribution in [-0.2, 0) is 26.2 Å². The summed E-state index contributed by atoms with van der Waals surface area (Å²) in [6, 6.07) is 12.4. The van der Waals surface area contributed by atoms with Crippen molar-refractivity contribution in [2.45, 2.75) is 63.6 Å². The molecule has 0 aliphatic carbocycles. The molecule has 35 heavy (non-hydrogen) atoms. The molecule has 1 N–H and O–H groups in total. The molecule has 0 saturated heterocycles. The predicted molar refractivity (Wildman–Crippen MR) is 140 cm³/mol. The first-order valence-corrected chi connectivity index (χ1v) is 13.7. The van der Waals surface area contributed by atoms with Crippen molar-refractivity contribution in [3.8, 4) is 0 Å². The Morgan fingerprint density at radius 3 is 2.31 bits per heavy atom. The molecule has 2 aromatic carbocycles. The minimum absolute atomic E-state index is 0.0298. The zero-order chi connectivity index (χ0) is 26.2. The zero-order valence-electron chi connectivity index (χ0n) is 20.5. The van der Waals surface area contributed by atoms with E-state index in [0.29, 0.717) is 22.0 Å². The molecule has 192 valence electrons. The van der Waals surface area contributed by atoms with E-state index in [1.54, 1.807) is 43.3 Å². The second kappa shape index (κ2) is 13.3. The zero-order valence-corrected chi connectivity index (χ0v) is 22.8. The third kappa shape index (κ3) is 8.20. The van der Waals surface area contributed by atoms with Gasteiger partial charge in [-0.05, 0) is 56.5 Å². The van der Waals surface area contributed by atoms with Crippen LogP contribution in [0.15, 0.2) is 53.4 Å². The number of rotatable bonds is 12. The maximum absolute atomic E-state index is 13.2. The Hall–Kier alpha value is -2.13. The van der Waals surface area contributed by atoms with Crippen molar-refractivity contribution in [1.82, 2.24) is 14.5 Å². The molecule has 0 saturated carbocycles. The summed E-state index contributed by atoms with van der Waals surface area (Å²) >= 11 is 12.3. The number of carbonyl (C=O) groups is 2. The van der Waals surface area contributed by atoms with E-state index in [-0.39, 0.29) is 42.3 Å². The second-order valence-electron chi connectivity index (χ2n) is 8.49. The van der Waals surface area contributed by atoms with Crippen LogP contribution in [0.2, 0.25) is 10.0 Å². The fourth-order valence-electron chi connectivity index (χ4n) is 3.37. The summed E-state index contributed by atoms with van der Waals surface area (Å²) in [5, 5.41) is 3.79. The molecular formula is C25H33Cl2N3O4S. The summed E-state index contributed by atoms with van der Waals surface area (Å²) in [4.78, 5) is 27.7. The van der Waals surface area contributed by atoms with E-state index in [1.807, 2.05) is 13.8 Å². The fourth-order valence-corrected chi connectivity index (χ4v) is 5.07. The normalized spacial score (nSPS) is 13.3. The highest BCUT2D eigenvalue weighted by atomic mass is 35.5. The number of benzene rings is 2. The van der Waals surface area contributed by atoms with Crippen LogP contribution in [0, 0.1) is 0 Å². The Balaban J connectivity index is 2.12. The first kappa shape index (κ1) is 29.1. The maximum Gasteiger partial charge on any atom is 0.242 e. The lowest BCUT2D eigenvalue weighted by molar-refractivity contribution is -0.141. The monoisotopic (exact) mass is 541 g/mol. The molecule has 10 heteroatoms. The second-order valence-corrected chi connectivity index (χ2v) is 11.4. The Bertz CT molecular complexity index is 1110. The average Bonchev–Trinajstić information content (AvgIpc) is 2.83. The number of nitrogens with one attached hydrogen (secondary N) is 1. The molecule has 2 atom stereocenters. The Morgan fingerprint density at radius 1 is 1.06 bits per heavy atom. The molecule has 0 aliphatic rings. The number of amides is 2. The van der Waals surface area contributed by atoms with Crippen molar-refractivity contribution in [3.63, 3.8) is 0 Å². The van der Waals surface area contributed by atoms with Gasteiger partial charge in [-0.15, -0.1) is 0 Å². The highest BCUT2D eigenvalue weighted by Gasteiger charge is 2.28. The third-order valence-corrected chi connectivity index (χ3v) is 8.30. The lowest BCUT2D eigenvalue weighted by Gasteiger charge is -2.30. The lowest BCUT2D eigenvalue weighted by atomic mass is 10.1. The number of carbonyl (C=O) groups excluding carboxylic acids is 2. The van der Waals surface area contributed by atoms with Crippen LogP contribution >= 0.6 is 23.2 Å². The maximum atomic E-state index is 13.2. The van der Waals surface area contributed by atoms with Gasteiger partial charge in [0.1, 0.15) is 6.04 Å². The van der Waals surface area contributed by atoms with Crippen LogP contribution in [0.1, 0.15) is 45.6 Å². The van der Waals surface area contributed by atoms with Crippen molar-refractivity contribution >= 4 is 45.0 Å². The first-order valence-electron chi connectivity index (χ1n) is 11.5. The van der Waals surface area contributed by atoms with E-state index in [1.165, 1.54) is 28.4 Å². The van der Waals surface area contributed by atoms with Crippen molar-refractivity contribution in [3.05, 3.63) is 64.1 Å². The van der Waals surface area contributed by atoms with Crippen molar-refractivity contribution in [1.29, 1.82) is 0 Å². The molecule has 0 radical (unpaired) electrons. The first-order chi connectivity index (χ1) is 16.5. The van der Waals surface area contributed by atoms with Crippen LogP contribution in [-0.4, -0.2) is 55.1 Å². The van der Waals surface area contributed by atoms with Gasteiger partial charge in [-0.3, -0.25) is 9.59 Å². The number of nitrogens with zero attached hydrogens (tertiary/aromatic N) is 2. The van der Waals surface area contributed by atoms with Gasteiger partial charge in [0.15, 0.2) is 0 Å². The summed E-state index contributed by atoms with van der Waals surface area (Å²) < 4.78 is 26.7. The molecule has 0 spiro atoms. The Morgan fingerprint density at radius 2 is 1.71 bits per heavy atom. The van der Waals surface area contributed by atoms with E-state index in [4.69, 9.17) is 23.2 Å². The molecule has 0 heterocycles. The summed E-state index contributed by atoms with van der Waals surface area (Å²) in [5.41, 5.74) is 0.663. The lowest BCUT2D eigenvalue weighted by Crippen LogP contribution is -2.49. The van der Waals surface area contributed by atoms with Crippen LogP contribution in [0.3, 0.4) is 0 Å². The molecule has 0 bridgehead atoms. The van der Waals surface area contributed by atoms with Crippen LogP contribution in [0.4, 0.5) is 0 Å².